The number of ether oxygens (including phenoxy) is 2. The Labute approximate surface area is 132 Å². The normalized spacial score (nSPS) is 11.0. The van der Waals surface area contributed by atoms with Crippen LogP contribution in [0.4, 0.5) is 0 Å². The van der Waals surface area contributed by atoms with Gasteiger partial charge in [0.2, 0.25) is 0 Å². The first-order valence-electron chi connectivity index (χ1n) is 6.73. The Kier molecular flexibility index (Phi) is 4.78. The Morgan fingerprint density at radius 1 is 0.957 bits per heavy atom. The summed E-state index contributed by atoms with van der Waals surface area (Å²) in [7, 11) is 2.53. The lowest BCUT2D eigenvalue weighted by Gasteiger charge is -2.21. The van der Waals surface area contributed by atoms with E-state index in [1.165, 1.54) is 25.3 Å². The lowest BCUT2D eigenvalue weighted by atomic mass is 9.93. The average molecular weight is 316 g/mol. The number of hydrogen-bond acceptors (Lipinski definition) is 6. The molecule has 2 aromatic carbocycles. The van der Waals surface area contributed by atoms with Crippen molar-refractivity contribution in [3.05, 3.63) is 65.2 Å². The van der Waals surface area contributed by atoms with Crippen molar-refractivity contribution in [2.45, 2.75) is 5.79 Å². The third kappa shape index (κ3) is 3.23. The molecular weight excluding hydrogens is 300 g/mol. The lowest BCUT2D eigenvalue weighted by Crippen LogP contribution is -2.38. The van der Waals surface area contributed by atoms with E-state index in [1.807, 2.05) is 0 Å². The molecule has 0 unspecified atom stereocenters. The van der Waals surface area contributed by atoms with Gasteiger partial charge in [-0.05, 0) is 24.3 Å². The molecular formula is C17H16O6. The van der Waals surface area contributed by atoms with Crippen LogP contribution in [-0.2, 0) is 15.3 Å². The summed E-state index contributed by atoms with van der Waals surface area (Å²) >= 11 is 0. The number of esters is 1. The summed E-state index contributed by atoms with van der Waals surface area (Å²) in [6.45, 7) is 0. The molecule has 2 N–H and O–H groups in total. The van der Waals surface area contributed by atoms with E-state index in [4.69, 9.17) is 4.74 Å². The van der Waals surface area contributed by atoms with Crippen LogP contribution >= 0.6 is 0 Å². The third-order valence-electron chi connectivity index (χ3n) is 3.37. The largest absolute Gasteiger partial charge is 0.497 e. The second-order valence-corrected chi connectivity index (χ2v) is 4.77. The van der Waals surface area contributed by atoms with Crippen LogP contribution in [0.5, 0.6) is 5.75 Å². The highest BCUT2D eigenvalue weighted by Crippen LogP contribution is 2.26. The maximum atomic E-state index is 12.6. The zero-order chi connectivity index (χ0) is 17.0. The first-order valence-corrected chi connectivity index (χ1v) is 6.73. The van der Waals surface area contributed by atoms with Crippen molar-refractivity contribution in [1.29, 1.82) is 0 Å². The van der Waals surface area contributed by atoms with Crippen LogP contribution in [0.15, 0.2) is 48.5 Å². The Bertz CT molecular complexity index is 718. The molecule has 0 aromatic heterocycles. The SMILES string of the molecule is COC(=O)C(O)(O)c1ccccc1C(=O)c1ccc(OC)cc1. The second-order valence-electron chi connectivity index (χ2n) is 4.77. The molecule has 0 aliphatic carbocycles. The van der Waals surface area contributed by atoms with Gasteiger partial charge in [0.1, 0.15) is 5.75 Å². The molecule has 23 heavy (non-hydrogen) atoms. The molecule has 2 aromatic rings. The molecule has 0 atom stereocenters. The highest BCUT2D eigenvalue weighted by molar-refractivity contribution is 6.10. The van der Waals surface area contributed by atoms with E-state index in [1.54, 1.807) is 30.3 Å². The van der Waals surface area contributed by atoms with E-state index in [-0.39, 0.29) is 11.1 Å². The number of ketones is 1. The average Bonchev–Trinajstić information content (AvgIpc) is 2.60. The molecule has 0 aliphatic heterocycles. The minimum absolute atomic E-state index is 0.00642. The van der Waals surface area contributed by atoms with Gasteiger partial charge in [-0.3, -0.25) is 4.79 Å². The number of benzene rings is 2. The van der Waals surface area contributed by atoms with Gasteiger partial charge in [-0.25, -0.2) is 4.79 Å². The van der Waals surface area contributed by atoms with Gasteiger partial charge in [0, 0.05) is 16.7 Å². The molecule has 2 rings (SSSR count). The highest BCUT2D eigenvalue weighted by Gasteiger charge is 2.39. The minimum atomic E-state index is -2.91. The fourth-order valence-corrected chi connectivity index (χ4v) is 2.14. The van der Waals surface area contributed by atoms with Crippen LogP contribution in [0.2, 0.25) is 0 Å². The second kappa shape index (κ2) is 6.60. The van der Waals surface area contributed by atoms with Gasteiger partial charge < -0.3 is 19.7 Å². The number of carbonyl (C=O) groups is 2. The van der Waals surface area contributed by atoms with Gasteiger partial charge >= 0.3 is 5.97 Å². The fraction of sp³-hybridized carbons (Fsp3) is 0.176. The lowest BCUT2D eigenvalue weighted by molar-refractivity contribution is -0.211. The molecule has 0 saturated carbocycles. The molecule has 0 fully saturated rings. The topological polar surface area (TPSA) is 93.1 Å². The van der Waals surface area contributed by atoms with E-state index < -0.39 is 17.5 Å². The van der Waals surface area contributed by atoms with Gasteiger partial charge in [0.05, 0.1) is 14.2 Å². The molecule has 0 aliphatic rings. The van der Waals surface area contributed by atoms with E-state index in [0.717, 1.165) is 7.11 Å². The smallest absolute Gasteiger partial charge is 0.371 e. The van der Waals surface area contributed by atoms with Crippen LogP contribution in [0, 0.1) is 0 Å². The molecule has 120 valence electrons. The van der Waals surface area contributed by atoms with E-state index >= 15 is 0 Å². The number of aliphatic hydroxyl groups is 2. The first kappa shape index (κ1) is 16.7. The predicted molar refractivity (Wildman–Crippen MR) is 81.0 cm³/mol. The van der Waals surface area contributed by atoms with Crippen molar-refractivity contribution in [2.24, 2.45) is 0 Å². The molecule has 0 spiro atoms. The molecule has 0 heterocycles. The van der Waals surface area contributed by atoms with Crippen molar-refractivity contribution in [3.8, 4) is 5.75 Å². The van der Waals surface area contributed by atoms with Gasteiger partial charge in [-0.15, -0.1) is 0 Å². The summed E-state index contributed by atoms with van der Waals surface area (Å²) in [5.41, 5.74) is 0.0691. The van der Waals surface area contributed by atoms with Crippen LogP contribution in [0.3, 0.4) is 0 Å². The van der Waals surface area contributed by atoms with Crippen molar-refractivity contribution in [3.63, 3.8) is 0 Å². The summed E-state index contributed by atoms with van der Waals surface area (Å²) < 4.78 is 9.40. The van der Waals surface area contributed by atoms with Crippen LogP contribution in [0.25, 0.3) is 0 Å². The number of hydrogen-bond donors (Lipinski definition) is 2. The van der Waals surface area contributed by atoms with E-state index in [2.05, 4.69) is 4.74 Å². The zero-order valence-electron chi connectivity index (χ0n) is 12.6. The third-order valence-corrected chi connectivity index (χ3v) is 3.37. The maximum Gasteiger partial charge on any atom is 0.371 e. The minimum Gasteiger partial charge on any atom is -0.497 e. The summed E-state index contributed by atoms with van der Waals surface area (Å²) in [5.74, 6) is -4.05. The summed E-state index contributed by atoms with van der Waals surface area (Å²) in [5, 5.41) is 20.0. The van der Waals surface area contributed by atoms with Crippen molar-refractivity contribution < 1.29 is 29.3 Å². The van der Waals surface area contributed by atoms with Crippen molar-refractivity contribution >= 4 is 11.8 Å². The summed E-state index contributed by atoms with van der Waals surface area (Å²) in [4.78, 5) is 24.2. The van der Waals surface area contributed by atoms with Crippen LogP contribution < -0.4 is 4.74 Å². The van der Waals surface area contributed by atoms with E-state index in [9.17, 15) is 19.8 Å². The molecule has 6 heteroatoms. The van der Waals surface area contributed by atoms with Gasteiger partial charge in [0.15, 0.2) is 5.78 Å². The van der Waals surface area contributed by atoms with Crippen molar-refractivity contribution in [2.75, 3.05) is 14.2 Å². The highest BCUT2D eigenvalue weighted by atomic mass is 16.6. The predicted octanol–water partition coefficient (Wildman–Crippen LogP) is 1.24. The number of methoxy groups -OCH3 is 2. The molecule has 6 nitrogen and oxygen atoms in total. The molecule has 0 radical (unpaired) electrons. The van der Waals surface area contributed by atoms with Crippen LogP contribution in [0.1, 0.15) is 21.5 Å². The first-order chi connectivity index (χ1) is 10.9. The molecule has 0 bridgehead atoms. The Morgan fingerprint density at radius 2 is 1.57 bits per heavy atom. The van der Waals surface area contributed by atoms with Gasteiger partial charge in [-0.2, -0.15) is 0 Å². The Hall–Kier alpha value is -2.70. The quantitative estimate of drug-likeness (QED) is 0.490. The van der Waals surface area contributed by atoms with Crippen LogP contribution in [-0.4, -0.2) is 36.2 Å². The fourth-order valence-electron chi connectivity index (χ4n) is 2.14. The monoisotopic (exact) mass is 316 g/mol. The van der Waals surface area contributed by atoms with Gasteiger partial charge in [0.25, 0.3) is 5.79 Å². The molecule has 0 amide bonds. The number of carbonyl (C=O) groups excluding carboxylic acids is 2. The standard InChI is InChI=1S/C17H16O6/c1-22-12-9-7-11(8-10-12)15(18)13-5-3-4-6-14(13)17(20,21)16(19)23-2/h3-10,20-21H,1-2H3. The zero-order valence-corrected chi connectivity index (χ0v) is 12.6. The maximum absolute atomic E-state index is 12.6. The van der Waals surface area contributed by atoms with Crippen molar-refractivity contribution in [1.82, 2.24) is 0 Å². The summed E-state index contributed by atoms with van der Waals surface area (Å²) in [6.07, 6.45) is 0. The Balaban J connectivity index is 2.47. The van der Waals surface area contributed by atoms with E-state index in [0.29, 0.717) is 11.3 Å². The van der Waals surface area contributed by atoms with Gasteiger partial charge in [-0.1, -0.05) is 24.3 Å². The Morgan fingerprint density at radius 3 is 2.13 bits per heavy atom. The number of rotatable bonds is 5. The summed E-state index contributed by atoms with van der Waals surface area (Å²) in [6, 6.07) is 12.1. The molecule has 0 saturated heterocycles.